The maximum atomic E-state index is 11.3. The molecule has 0 aliphatic heterocycles. The summed E-state index contributed by atoms with van der Waals surface area (Å²) >= 11 is 0. The standard InChI is InChI=1S/C13H28N2O2/c1-4-5-6-8-15-13(16)7-10-17-11-9-14-12(2)3/h12,14H,4-11H2,1-3H3,(H,15,16). The van der Waals surface area contributed by atoms with Gasteiger partial charge in [-0.1, -0.05) is 33.6 Å². The molecule has 0 saturated heterocycles. The molecular formula is C13H28N2O2. The van der Waals surface area contributed by atoms with Crippen LogP contribution >= 0.6 is 0 Å². The number of hydrogen-bond donors (Lipinski definition) is 2. The number of hydrogen-bond acceptors (Lipinski definition) is 3. The third kappa shape index (κ3) is 13.3. The van der Waals surface area contributed by atoms with E-state index in [9.17, 15) is 4.79 Å². The van der Waals surface area contributed by atoms with Crippen LogP contribution in [0, 0.1) is 0 Å². The lowest BCUT2D eigenvalue weighted by Gasteiger charge is -2.08. The first kappa shape index (κ1) is 16.4. The third-order valence-electron chi connectivity index (χ3n) is 2.37. The van der Waals surface area contributed by atoms with Gasteiger partial charge in [-0.3, -0.25) is 4.79 Å². The summed E-state index contributed by atoms with van der Waals surface area (Å²) in [6.07, 6.45) is 3.90. The minimum absolute atomic E-state index is 0.0953. The molecule has 0 heterocycles. The Labute approximate surface area is 105 Å². The van der Waals surface area contributed by atoms with Crippen LogP contribution in [0.3, 0.4) is 0 Å². The Hall–Kier alpha value is -0.610. The van der Waals surface area contributed by atoms with Gasteiger partial charge in [0.25, 0.3) is 0 Å². The molecule has 17 heavy (non-hydrogen) atoms. The highest BCUT2D eigenvalue weighted by Crippen LogP contribution is 1.91. The quantitative estimate of drug-likeness (QED) is 0.544. The first-order valence-corrected chi connectivity index (χ1v) is 6.74. The molecule has 4 nitrogen and oxygen atoms in total. The lowest BCUT2D eigenvalue weighted by molar-refractivity contribution is -0.122. The van der Waals surface area contributed by atoms with E-state index in [0.29, 0.717) is 25.7 Å². The van der Waals surface area contributed by atoms with Gasteiger partial charge in [0.05, 0.1) is 13.2 Å². The molecule has 1 amide bonds. The second-order valence-electron chi connectivity index (χ2n) is 4.53. The van der Waals surface area contributed by atoms with E-state index in [4.69, 9.17) is 4.74 Å². The number of carbonyl (C=O) groups is 1. The van der Waals surface area contributed by atoms with Crippen molar-refractivity contribution in [2.45, 2.75) is 52.5 Å². The van der Waals surface area contributed by atoms with E-state index in [-0.39, 0.29) is 5.91 Å². The number of carbonyl (C=O) groups excluding carboxylic acids is 1. The summed E-state index contributed by atoms with van der Waals surface area (Å²) in [7, 11) is 0. The fourth-order valence-corrected chi connectivity index (χ4v) is 1.38. The fourth-order valence-electron chi connectivity index (χ4n) is 1.38. The van der Waals surface area contributed by atoms with Crippen LogP contribution in [-0.4, -0.2) is 38.3 Å². The Morgan fingerprint density at radius 2 is 1.94 bits per heavy atom. The van der Waals surface area contributed by atoms with Gasteiger partial charge in [-0.2, -0.15) is 0 Å². The van der Waals surface area contributed by atoms with Gasteiger partial charge in [-0.15, -0.1) is 0 Å². The van der Waals surface area contributed by atoms with Crippen LogP contribution in [-0.2, 0) is 9.53 Å². The minimum atomic E-state index is 0.0953. The maximum absolute atomic E-state index is 11.3. The zero-order valence-electron chi connectivity index (χ0n) is 11.6. The van der Waals surface area contributed by atoms with Gasteiger partial charge >= 0.3 is 0 Å². The SMILES string of the molecule is CCCCCNC(=O)CCOCCNC(C)C. The van der Waals surface area contributed by atoms with E-state index in [0.717, 1.165) is 19.5 Å². The summed E-state index contributed by atoms with van der Waals surface area (Å²) in [5, 5.41) is 6.15. The maximum Gasteiger partial charge on any atom is 0.222 e. The molecule has 0 atom stereocenters. The summed E-state index contributed by atoms with van der Waals surface area (Å²) < 4.78 is 5.36. The van der Waals surface area contributed by atoms with Crippen LogP contribution < -0.4 is 10.6 Å². The van der Waals surface area contributed by atoms with Crippen LogP contribution in [0.5, 0.6) is 0 Å². The number of nitrogens with one attached hydrogen (secondary N) is 2. The van der Waals surface area contributed by atoms with E-state index in [1.165, 1.54) is 12.8 Å². The Bertz CT molecular complexity index is 184. The summed E-state index contributed by atoms with van der Waals surface area (Å²) in [5.41, 5.74) is 0. The first-order valence-electron chi connectivity index (χ1n) is 6.74. The number of amides is 1. The van der Waals surface area contributed by atoms with Crippen molar-refractivity contribution in [1.82, 2.24) is 10.6 Å². The van der Waals surface area contributed by atoms with E-state index in [1.807, 2.05) is 0 Å². The van der Waals surface area contributed by atoms with Gasteiger partial charge in [0.2, 0.25) is 5.91 Å². The minimum Gasteiger partial charge on any atom is -0.380 e. The molecule has 102 valence electrons. The van der Waals surface area contributed by atoms with Crippen molar-refractivity contribution in [2.75, 3.05) is 26.3 Å². The first-order chi connectivity index (χ1) is 8.16. The molecule has 0 aliphatic rings. The highest BCUT2D eigenvalue weighted by Gasteiger charge is 2.00. The normalized spacial score (nSPS) is 10.8. The van der Waals surface area contributed by atoms with Gasteiger partial charge in [0.15, 0.2) is 0 Å². The van der Waals surface area contributed by atoms with Gasteiger partial charge in [0.1, 0.15) is 0 Å². The molecule has 0 saturated carbocycles. The highest BCUT2D eigenvalue weighted by molar-refractivity contribution is 5.75. The summed E-state index contributed by atoms with van der Waals surface area (Å²) in [5.74, 6) is 0.0953. The molecule has 0 unspecified atom stereocenters. The summed E-state index contributed by atoms with van der Waals surface area (Å²) in [4.78, 5) is 11.3. The van der Waals surface area contributed by atoms with Gasteiger partial charge in [-0.25, -0.2) is 0 Å². The number of ether oxygens (including phenoxy) is 1. The molecule has 0 bridgehead atoms. The Balaban J connectivity index is 3.16. The van der Waals surface area contributed by atoms with Crippen molar-refractivity contribution in [3.63, 3.8) is 0 Å². The van der Waals surface area contributed by atoms with Crippen molar-refractivity contribution in [3.8, 4) is 0 Å². The van der Waals surface area contributed by atoms with Crippen molar-refractivity contribution < 1.29 is 9.53 Å². The lowest BCUT2D eigenvalue weighted by atomic mass is 10.2. The van der Waals surface area contributed by atoms with Crippen molar-refractivity contribution in [3.05, 3.63) is 0 Å². The smallest absolute Gasteiger partial charge is 0.222 e. The molecule has 0 aliphatic carbocycles. The van der Waals surface area contributed by atoms with Gasteiger partial charge in [0, 0.05) is 25.6 Å². The van der Waals surface area contributed by atoms with Crippen LogP contribution in [0.4, 0.5) is 0 Å². The Kier molecular flexibility index (Phi) is 11.4. The molecule has 0 aromatic rings. The highest BCUT2D eigenvalue weighted by atomic mass is 16.5. The van der Waals surface area contributed by atoms with Crippen LogP contribution in [0.1, 0.15) is 46.5 Å². The van der Waals surface area contributed by atoms with Crippen molar-refractivity contribution >= 4 is 5.91 Å². The van der Waals surface area contributed by atoms with E-state index in [2.05, 4.69) is 31.4 Å². The molecule has 0 rings (SSSR count). The lowest BCUT2D eigenvalue weighted by Crippen LogP contribution is -2.28. The van der Waals surface area contributed by atoms with E-state index in [1.54, 1.807) is 0 Å². The Morgan fingerprint density at radius 3 is 2.59 bits per heavy atom. The summed E-state index contributed by atoms with van der Waals surface area (Å²) in [6, 6.07) is 0.487. The molecule has 4 heteroatoms. The topological polar surface area (TPSA) is 50.4 Å². The number of rotatable bonds is 11. The van der Waals surface area contributed by atoms with E-state index < -0.39 is 0 Å². The van der Waals surface area contributed by atoms with Gasteiger partial charge in [-0.05, 0) is 6.42 Å². The van der Waals surface area contributed by atoms with E-state index >= 15 is 0 Å². The second-order valence-corrected chi connectivity index (χ2v) is 4.53. The summed E-state index contributed by atoms with van der Waals surface area (Å²) in [6.45, 7) is 9.17. The molecule has 0 aromatic carbocycles. The third-order valence-corrected chi connectivity index (χ3v) is 2.37. The van der Waals surface area contributed by atoms with Crippen molar-refractivity contribution in [2.24, 2.45) is 0 Å². The molecule has 0 spiro atoms. The largest absolute Gasteiger partial charge is 0.380 e. The molecule has 0 radical (unpaired) electrons. The predicted molar refractivity (Wildman–Crippen MR) is 71.1 cm³/mol. The molecule has 0 aromatic heterocycles. The van der Waals surface area contributed by atoms with Crippen molar-refractivity contribution in [1.29, 1.82) is 0 Å². The van der Waals surface area contributed by atoms with Crippen LogP contribution in [0.2, 0.25) is 0 Å². The molecular weight excluding hydrogens is 216 g/mol. The monoisotopic (exact) mass is 244 g/mol. The van der Waals surface area contributed by atoms with Crippen LogP contribution in [0.15, 0.2) is 0 Å². The number of unbranched alkanes of at least 4 members (excludes halogenated alkanes) is 2. The zero-order valence-corrected chi connectivity index (χ0v) is 11.6. The fraction of sp³-hybridized carbons (Fsp3) is 0.923. The average molecular weight is 244 g/mol. The van der Waals surface area contributed by atoms with Gasteiger partial charge < -0.3 is 15.4 Å². The average Bonchev–Trinajstić information content (AvgIpc) is 2.29. The predicted octanol–water partition coefficient (Wildman–Crippen LogP) is 1.70. The zero-order chi connectivity index (χ0) is 12.9. The van der Waals surface area contributed by atoms with Crippen LogP contribution in [0.25, 0.3) is 0 Å². The molecule has 2 N–H and O–H groups in total. The second kappa shape index (κ2) is 11.9. The Morgan fingerprint density at radius 1 is 1.18 bits per heavy atom. The molecule has 0 fully saturated rings.